The summed E-state index contributed by atoms with van der Waals surface area (Å²) in [5.74, 6) is 0.496. The molecule has 0 aliphatic rings. The third kappa shape index (κ3) is 4.64. The van der Waals surface area contributed by atoms with Crippen LogP contribution in [0.2, 0.25) is 0 Å². The molecule has 1 N–H and O–H groups in total. The summed E-state index contributed by atoms with van der Waals surface area (Å²) in [4.78, 5) is 12.9. The molecular weight excluding hydrogens is 408 g/mol. The van der Waals surface area contributed by atoms with Crippen molar-refractivity contribution < 1.29 is 19.4 Å². The summed E-state index contributed by atoms with van der Waals surface area (Å²) >= 11 is 3.24. The number of esters is 1. The van der Waals surface area contributed by atoms with Gasteiger partial charge in [0.15, 0.2) is 0 Å². The van der Waals surface area contributed by atoms with Gasteiger partial charge in [0.05, 0.1) is 11.6 Å². The van der Waals surface area contributed by atoms with E-state index in [0.29, 0.717) is 10.2 Å². The first-order valence-electron chi connectivity index (χ1n) is 8.79. The van der Waals surface area contributed by atoms with Gasteiger partial charge in [-0.05, 0) is 51.0 Å². The monoisotopic (exact) mass is 434 g/mol. The Bertz CT molecular complexity index is 823. The van der Waals surface area contributed by atoms with Crippen molar-refractivity contribution in [3.05, 3.63) is 51.5 Å². The van der Waals surface area contributed by atoms with Crippen LogP contribution < -0.4 is 9.47 Å². The number of ether oxygens (including phenoxy) is 2. The van der Waals surface area contributed by atoms with Crippen LogP contribution in [0, 0.1) is 0 Å². The van der Waals surface area contributed by atoms with E-state index in [-0.39, 0.29) is 22.1 Å². The lowest BCUT2D eigenvalue weighted by atomic mass is 9.79. The smallest absolute Gasteiger partial charge is 0.347 e. The predicted octanol–water partition coefficient (Wildman–Crippen LogP) is 5.98. The summed E-state index contributed by atoms with van der Waals surface area (Å²) in [6, 6.07) is 8.70. The lowest BCUT2D eigenvalue weighted by Gasteiger charge is -2.29. The molecule has 2 aromatic rings. The van der Waals surface area contributed by atoms with Gasteiger partial charge in [0, 0.05) is 11.1 Å². The second kappa shape index (κ2) is 7.55. The Morgan fingerprint density at radius 1 is 1.00 bits per heavy atom. The van der Waals surface area contributed by atoms with Crippen LogP contribution in [-0.4, -0.2) is 18.2 Å². The van der Waals surface area contributed by atoms with Gasteiger partial charge >= 0.3 is 5.97 Å². The Hall–Kier alpha value is -2.01. The molecule has 4 nitrogen and oxygen atoms in total. The summed E-state index contributed by atoms with van der Waals surface area (Å²) in [5, 5.41) is 10.2. The fraction of sp³-hybridized carbons (Fsp3) is 0.409. The maximum Gasteiger partial charge on any atom is 0.347 e. The summed E-state index contributed by atoms with van der Waals surface area (Å²) in [6.07, 6.45) is 0. The van der Waals surface area contributed by atoms with E-state index < -0.39 is 5.97 Å². The number of hydrogen-bond donors (Lipinski definition) is 1. The van der Waals surface area contributed by atoms with Gasteiger partial charge in [0.2, 0.25) is 0 Å². The Morgan fingerprint density at radius 3 is 1.96 bits per heavy atom. The Labute approximate surface area is 169 Å². The first kappa shape index (κ1) is 21.3. The first-order valence-corrected chi connectivity index (χ1v) is 9.58. The fourth-order valence-corrected chi connectivity index (χ4v) is 3.14. The predicted molar refractivity (Wildman–Crippen MR) is 111 cm³/mol. The summed E-state index contributed by atoms with van der Waals surface area (Å²) in [6.45, 7) is 12.3. The van der Waals surface area contributed by atoms with Crippen molar-refractivity contribution in [2.45, 2.75) is 52.4 Å². The van der Waals surface area contributed by atoms with Gasteiger partial charge in [0.25, 0.3) is 0 Å². The summed E-state index contributed by atoms with van der Waals surface area (Å²) < 4.78 is 11.8. The van der Waals surface area contributed by atoms with Crippen LogP contribution >= 0.6 is 15.9 Å². The molecule has 27 heavy (non-hydrogen) atoms. The van der Waals surface area contributed by atoms with Crippen LogP contribution in [0.3, 0.4) is 0 Å². The highest BCUT2D eigenvalue weighted by Crippen LogP contribution is 2.43. The van der Waals surface area contributed by atoms with Gasteiger partial charge in [-0.1, -0.05) is 47.6 Å². The van der Waals surface area contributed by atoms with Crippen molar-refractivity contribution in [2.75, 3.05) is 7.11 Å². The summed E-state index contributed by atoms with van der Waals surface area (Å²) in [5.41, 5.74) is 1.30. The van der Waals surface area contributed by atoms with Crippen LogP contribution in [0.5, 0.6) is 17.2 Å². The van der Waals surface area contributed by atoms with Crippen molar-refractivity contribution >= 4 is 21.9 Å². The number of halogens is 1. The number of phenols is 1. The maximum absolute atomic E-state index is 12.9. The van der Waals surface area contributed by atoms with Gasteiger partial charge in [-0.15, -0.1) is 0 Å². The highest BCUT2D eigenvalue weighted by atomic mass is 79.9. The van der Waals surface area contributed by atoms with Gasteiger partial charge in [-0.25, -0.2) is 4.79 Å². The third-order valence-electron chi connectivity index (χ3n) is 4.32. The minimum Gasteiger partial charge on any atom is -0.506 e. The Morgan fingerprint density at radius 2 is 1.52 bits per heavy atom. The fourth-order valence-electron chi connectivity index (χ4n) is 2.77. The van der Waals surface area contributed by atoms with Crippen molar-refractivity contribution in [3.8, 4) is 17.2 Å². The largest absolute Gasteiger partial charge is 0.506 e. The van der Waals surface area contributed by atoms with Crippen molar-refractivity contribution in [1.82, 2.24) is 0 Å². The zero-order valence-corrected chi connectivity index (χ0v) is 18.5. The van der Waals surface area contributed by atoms with Gasteiger partial charge < -0.3 is 14.6 Å². The quantitative estimate of drug-likeness (QED) is 0.476. The number of aromatic hydroxyl groups is 1. The minimum atomic E-state index is -0.602. The number of carbonyl (C=O) groups excluding carboxylic acids is 1. The second-order valence-corrected chi connectivity index (χ2v) is 9.43. The molecule has 146 valence electrons. The van der Waals surface area contributed by atoms with Crippen LogP contribution in [0.4, 0.5) is 0 Å². The SMILES string of the molecule is COc1cc(C(C)(C)C)c(OC(=O)c2cccc(Br)c2O)c(C(C)(C)C)c1. The average Bonchev–Trinajstić information content (AvgIpc) is 2.55. The topological polar surface area (TPSA) is 55.8 Å². The number of benzene rings is 2. The zero-order chi connectivity index (χ0) is 20.6. The molecule has 0 fully saturated rings. The summed E-state index contributed by atoms with van der Waals surface area (Å²) in [7, 11) is 1.62. The van der Waals surface area contributed by atoms with Crippen LogP contribution in [0.1, 0.15) is 63.0 Å². The molecule has 0 atom stereocenters. The van der Waals surface area contributed by atoms with E-state index in [9.17, 15) is 9.90 Å². The molecule has 0 aliphatic carbocycles. The second-order valence-electron chi connectivity index (χ2n) is 8.58. The number of para-hydroxylation sites is 1. The molecule has 2 aromatic carbocycles. The van der Waals surface area contributed by atoms with E-state index in [1.807, 2.05) is 12.1 Å². The molecule has 0 unspecified atom stereocenters. The molecule has 5 heteroatoms. The standard InChI is InChI=1S/C22H27BrO4/c1-21(2,3)15-11-13(26-7)12-16(22(4,5)6)19(15)27-20(25)14-9-8-10-17(23)18(14)24/h8-12,24H,1-7H3. The molecule has 0 radical (unpaired) electrons. The molecule has 0 saturated carbocycles. The maximum atomic E-state index is 12.9. The van der Waals surface area contributed by atoms with E-state index in [1.54, 1.807) is 25.3 Å². The van der Waals surface area contributed by atoms with E-state index >= 15 is 0 Å². The van der Waals surface area contributed by atoms with Crippen LogP contribution in [-0.2, 0) is 10.8 Å². The number of methoxy groups -OCH3 is 1. The Kier molecular flexibility index (Phi) is 5.95. The lowest BCUT2D eigenvalue weighted by molar-refractivity contribution is 0.0725. The van der Waals surface area contributed by atoms with Crippen molar-refractivity contribution in [1.29, 1.82) is 0 Å². The van der Waals surface area contributed by atoms with E-state index in [1.165, 1.54) is 0 Å². The van der Waals surface area contributed by atoms with Gasteiger partial charge in [-0.2, -0.15) is 0 Å². The molecule has 0 bridgehead atoms. The number of hydrogen-bond acceptors (Lipinski definition) is 4. The molecule has 0 heterocycles. The number of phenolic OH excluding ortho intramolecular Hbond substituents is 1. The highest BCUT2D eigenvalue weighted by molar-refractivity contribution is 9.10. The molecule has 0 spiro atoms. The van der Waals surface area contributed by atoms with E-state index in [2.05, 4.69) is 57.5 Å². The van der Waals surface area contributed by atoms with Crippen molar-refractivity contribution in [2.24, 2.45) is 0 Å². The highest BCUT2D eigenvalue weighted by Gasteiger charge is 2.30. The van der Waals surface area contributed by atoms with Crippen LogP contribution in [0.25, 0.3) is 0 Å². The number of carbonyl (C=O) groups is 1. The minimum absolute atomic E-state index is 0.111. The molecule has 2 rings (SSSR count). The third-order valence-corrected chi connectivity index (χ3v) is 4.96. The molecule has 0 aliphatic heterocycles. The lowest BCUT2D eigenvalue weighted by Crippen LogP contribution is -2.22. The molecule has 0 aromatic heterocycles. The van der Waals surface area contributed by atoms with E-state index in [4.69, 9.17) is 9.47 Å². The van der Waals surface area contributed by atoms with Gasteiger partial charge in [0.1, 0.15) is 22.8 Å². The molecular formula is C22H27BrO4. The van der Waals surface area contributed by atoms with Crippen molar-refractivity contribution in [3.63, 3.8) is 0 Å². The zero-order valence-electron chi connectivity index (χ0n) is 16.9. The van der Waals surface area contributed by atoms with Gasteiger partial charge in [-0.3, -0.25) is 0 Å². The number of rotatable bonds is 3. The molecule has 0 saturated heterocycles. The average molecular weight is 435 g/mol. The van der Waals surface area contributed by atoms with E-state index in [0.717, 1.165) is 16.9 Å². The molecule has 0 amide bonds. The Balaban J connectivity index is 2.66. The first-order chi connectivity index (χ1) is 12.4. The normalized spacial score (nSPS) is 12.0. The van der Waals surface area contributed by atoms with Crippen LogP contribution in [0.15, 0.2) is 34.8 Å².